The van der Waals surface area contributed by atoms with Crippen LogP contribution in [0.1, 0.15) is 82.6 Å². The maximum absolute atomic E-state index is 13.2. The molecule has 1 saturated heterocycles. The van der Waals surface area contributed by atoms with Crippen molar-refractivity contribution < 1.29 is 38.7 Å². The molecule has 5 unspecified atom stereocenters. The summed E-state index contributed by atoms with van der Waals surface area (Å²) >= 11 is 0. The fraction of sp³-hybridized carbons (Fsp3) is 0.568. The SMILES string of the molecule is CC(C)OC(=O)CCCC=CCC1C(O)CC(OC(=O)C2COC(c3ccccc3)OC2)C1CCC(O)CCc1ccccc1. The van der Waals surface area contributed by atoms with E-state index in [4.69, 9.17) is 18.9 Å². The van der Waals surface area contributed by atoms with Crippen molar-refractivity contribution in [2.45, 2.75) is 102 Å². The highest BCUT2D eigenvalue weighted by Gasteiger charge is 2.44. The topological polar surface area (TPSA) is 112 Å². The van der Waals surface area contributed by atoms with Crippen LogP contribution < -0.4 is 0 Å². The fourth-order valence-corrected chi connectivity index (χ4v) is 6.27. The second-order valence-corrected chi connectivity index (χ2v) is 12.6. The lowest BCUT2D eigenvalue weighted by molar-refractivity contribution is -0.215. The number of rotatable bonds is 16. The summed E-state index contributed by atoms with van der Waals surface area (Å²) in [5, 5.41) is 21.9. The maximum atomic E-state index is 13.2. The molecule has 2 aromatic carbocycles. The minimum Gasteiger partial charge on any atom is -0.463 e. The Morgan fingerprint density at radius 3 is 2.33 bits per heavy atom. The molecule has 5 atom stereocenters. The Labute approximate surface area is 267 Å². The van der Waals surface area contributed by atoms with Crippen LogP contribution in [0, 0.1) is 17.8 Å². The van der Waals surface area contributed by atoms with Crippen LogP contribution in [0.15, 0.2) is 72.8 Å². The quantitative estimate of drug-likeness (QED) is 0.131. The van der Waals surface area contributed by atoms with Gasteiger partial charge >= 0.3 is 11.9 Å². The number of allylic oxidation sites excluding steroid dienone is 2. The van der Waals surface area contributed by atoms with Gasteiger partial charge in [-0.2, -0.15) is 0 Å². The van der Waals surface area contributed by atoms with E-state index < -0.39 is 30.5 Å². The molecule has 2 fully saturated rings. The second kappa shape index (κ2) is 18.2. The van der Waals surface area contributed by atoms with Gasteiger partial charge in [0.05, 0.1) is 31.5 Å². The van der Waals surface area contributed by atoms with Crippen LogP contribution in [0.4, 0.5) is 0 Å². The predicted molar refractivity (Wildman–Crippen MR) is 171 cm³/mol. The van der Waals surface area contributed by atoms with E-state index in [9.17, 15) is 19.8 Å². The molecule has 0 amide bonds. The molecule has 246 valence electrons. The van der Waals surface area contributed by atoms with Crippen molar-refractivity contribution >= 4 is 11.9 Å². The molecule has 1 saturated carbocycles. The number of aliphatic hydroxyl groups is 2. The van der Waals surface area contributed by atoms with Gasteiger partial charge in [-0.05, 0) is 70.3 Å². The van der Waals surface area contributed by atoms with Crippen molar-refractivity contribution in [1.82, 2.24) is 0 Å². The van der Waals surface area contributed by atoms with Gasteiger partial charge in [0, 0.05) is 24.3 Å². The molecule has 8 nitrogen and oxygen atoms in total. The third kappa shape index (κ3) is 11.4. The predicted octanol–water partition coefficient (Wildman–Crippen LogP) is 6.10. The first-order chi connectivity index (χ1) is 21.8. The smallest absolute Gasteiger partial charge is 0.313 e. The van der Waals surface area contributed by atoms with Crippen molar-refractivity contribution in [3.05, 3.63) is 83.9 Å². The fourth-order valence-electron chi connectivity index (χ4n) is 6.27. The third-order valence-electron chi connectivity index (χ3n) is 8.70. The first-order valence-electron chi connectivity index (χ1n) is 16.5. The number of benzene rings is 2. The van der Waals surface area contributed by atoms with Gasteiger partial charge in [0.25, 0.3) is 0 Å². The van der Waals surface area contributed by atoms with Crippen LogP contribution in [0.25, 0.3) is 0 Å². The summed E-state index contributed by atoms with van der Waals surface area (Å²) in [5.74, 6) is -1.31. The molecule has 2 aliphatic rings. The molecule has 1 aliphatic heterocycles. The largest absolute Gasteiger partial charge is 0.463 e. The monoisotopic (exact) mass is 622 g/mol. The van der Waals surface area contributed by atoms with E-state index in [2.05, 4.69) is 18.2 Å². The number of carbonyl (C=O) groups excluding carboxylic acids is 2. The van der Waals surface area contributed by atoms with Gasteiger partial charge in [-0.1, -0.05) is 72.8 Å². The van der Waals surface area contributed by atoms with Crippen LogP contribution >= 0.6 is 0 Å². The standard InChI is InChI=1S/C37H50O8/c1-26(2)44-35(40)18-12-4-3-11-17-31-32(22-21-30(38)20-19-27-13-7-5-8-14-27)34(23-33(31)39)45-36(41)29-24-42-37(43-25-29)28-15-9-6-10-16-28/h3,5-11,13-16,26,29-34,37-39H,4,12,17-25H2,1-2H3. The van der Waals surface area contributed by atoms with Crippen molar-refractivity contribution in [3.8, 4) is 0 Å². The Bertz CT molecular complexity index is 1180. The summed E-state index contributed by atoms with van der Waals surface area (Å²) in [6, 6.07) is 19.7. The zero-order chi connectivity index (χ0) is 32.0. The zero-order valence-electron chi connectivity index (χ0n) is 26.7. The highest BCUT2D eigenvalue weighted by molar-refractivity contribution is 5.73. The van der Waals surface area contributed by atoms with E-state index >= 15 is 0 Å². The van der Waals surface area contributed by atoms with Gasteiger partial charge in [-0.3, -0.25) is 9.59 Å². The maximum Gasteiger partial charge on any atom is 0.313 e. The molecule has 4 rings (SSSR count). The lowest BCUT2D eigenvalue weighted by atomic mass is 9.85. The Morgan fingerprint density at radius 1 is 0.956 bits per heavy atom. The molecule has 45 heavy (non-hydrogen) atoms. The summed E-state index contributed by atoms with van der Waals surface area (Å²) < 4.78 is 22.9. The van der Waals surface area contributed by atoms with Gasteiger partial charge in [-0.25, -0.2) is 0 Å². The summed E-state index contributed by atoms with van der Waals surface area (Å²) in [7, 11) is 0. The highest BCUT2D eigenvalue weighted by Crippen LogP contribution is 2.41. The van der Waals surface area contributed by atoms with Crippen LogP contribution in [0.5, 0.6) is 0 Å². The number of esters is 2. The molecule has 1 aliphatic carbocycles. The Hall–Kier alpha value is -3.04. The molecule has 0 aromatic heterocycles. The van der Waals surface area contributed by atoms with Gasteiger partial charge in [0.15, 0.2) is 6.29 Å². The number of hydrogen-bond acceptors (Lipinski definition) is 8. The molecule has 8 heteroatoms. The highest BCUT2D eigenvalue weighted by atomic mass is 16.7. The van der Waals surface area contributed by atoms with E-state index in [-0.39, 0.29) is 43.1 Å². The summed E-state index contributed by atoms with van der Waals surface area (Å²) in [6.45, 7) is 4.08. The molecule has 0 spiro atoms. The Balaban J connectivity index is 1.31. The molecular weight excluding hydrogens is 572 g/mol. The van der Waals surface area contributed by atoms with Crippen molar-refractivity contribution in [3.63, 3.8) is 0 Å². The number of unbranched alkanes of at least 4 members (excludes halogenated alkanes) is 1. The number of aliphatic hydroxyl groups excluding tert-OH is 2. The third-order valence-corrected chi connectivity index (χ3v) is 8.70. The Morgan fingerprint density at radius 2 is 1.64 bits per heavy atom. The average molecular weight is 623 g/mol. The first kappa shape index (κ1) is 34.8. The molecule has 2 N–H and O–H groups in total. The second-order valence-electron chi connectivity index (χ2n) is 12.6. The summed E-state index contributed by atoms with van der Waals surface area (Å²) in [5.41, 5.74) is 2.09. The van der Waals surface area contributed by atoms with Gasteiger partial charge in [-0.15, -0.1) is 0 Å². The van der Waals surface area contributed by atoms with Crippen molar-refractivity contribution in [1.29, 1.82) is 0 Å². The van der Waals surface area contributed by atoms with E-state index in [1.807, 2.05) is 68.5 Å². The number of aryl methyl sites for hydroxylation is 1. The molecule has 2 aromatic rings. The lowest BCUT2D eigenvalue weighted by Crippen LogP contribution is -2.36. The van der Waals surface area contributed by atoms with Gasteiger partial charge in [0.2, 0.25) is 0 Å². The summed E-state index contributed by atoms with van der Waals surface area (Å²) in [4.78, 5) is 25.0. The minimum absolute atomic E-state index is 0.0940. The normalized spacial score (nSPS) is 25.8. The van der Waals surface area contributed by atoms with Gasteiger partial charge < -0.3 is 29.2 Å². The molecule has 1 heterocycles. The zero-order valence-corrected chi connectivity index (χ0v) is 26.7. The molecule has 0 bridgehead atoms. The van der Waals surface area contributed by atoms with Crippen LogP contribution in [0.3, 0.4) is 0 Å². The van der Waals surface area contributed by atoms with E-state index in [0.29, 0.717) is 44.9 Å². The van der Waals surface area contributed by atoms with Crippen molar-refractivity contribution in [2.75, 3.05) is 13.2 Å². The average Bonchev–Trinajstić information content (AvgIpc) is 3.34. The van der Waals surface area contributed by atoms with Crippen LogP contribution in [-0.2, 0) is 35.0 Å². The number of hydrogen-bond donors (Lipinski definition) is 2. The van der Waals surface area contributed by atoms with Crippen molar-refractivity contribution in [2.24, 2.45) is 17.8 Å². The molecular formula is C37H50O8. The number of ether oxygens (including phenoxy) is 4. The minimum atomic E-state index is -0.624. The van der Waals surface area contributed by atoms with Crippen LogP contribution in [0.2, 0.25) is 0 Å². The lowest BCUT2D eigenvalue weighted by Gasteiger charge is -2.30. The molecule has 0 radical (unpaired) electrons. The Kier molecular flexibility index (Phi) is 14.1. The van der Waals surface area contributed by atoms with E-state index in [0.717, 1.165) is 18.4 Å². The van der Waals surface area contributed by atoms with E-state index in [1.165, 1.54) is 5.56 Å². The number of carbonyl (C=O) groups is 2. The van der Waals surface area contributed by atoms with E-state index in [1.54, 1.807) is 0 Å². The summed E-state index contributed by atoms with van der Waals surface area (Å²) in [6.07, 6.45) is 7.33. The van der Waals surface area contributed by atoms with Gasteiger partial charge in [0.1, 0.15) is 12.0 Å². The van der Waals surface area contributed by atoms with Crippen LogP contribution in [-0.4, -0.2) is 59.8 Å². The first-order valence-corrected chi connectivity index (χ1v) is 16.5.